The van der Waals surface area contributed by atoms with Crippen LogP contribution in [0.1, 0.15) is 17.4 Å². The van der Waals surface area contributed by atoms with Gasteiger partial charge in [-0.25, -0.2) is 9.97 Å². The van der Waals surface area contributed by atoms with Crippen molar-refractivity contribution in [3.05, 3.63) is 47.1 Å². The summed E-state index contributed by atoms with van der Waals surface area (Å²) in [7, 11) is 1.81. The molecule has 3 aromatic rings. The predicted molar refractivity (Wildman–Crippen MR) is 102 cm³/mol. The molecular weight excluding hydrogens is 338 g/mol. The van der Waals surface area contributed by atoms with Gasteiger partial charge in [0, 0.05) is 23.0 Å². The zero-order valence-corrected chi connectivity index (χ0v) is 15.7. The largest absolute Gasteiger partial charge is 0.315 e. The fourth-order valence-electron chi connectivity index (χ4n) is 2.51. The second-order valence-electron chi connectivity index (χ2n) is 5.64. The molecule has 1 aromatic carbocycles. The van der Waals surface area contributed by atoms with E-state index in [1.54, 1.807) is 22.6 Å². The number of thiophene rings is 1. The van der Waals surface area contributed by atoms with E-state index >= 15 is 0 Å². The van der Waals surface area contributed by atoms with Crippen LogP contribution in [0.4, 0.5) is 5.69 Å². The van der Waals surface area contributed by atoms with Gasteiger partial charge in [0.15, 0.2) is 0 Å². The maximum atomic E-state index is 12.7. The van der Waals surface area contributed by atoms with Crippen LogP contribution in [0.2, 0.25) is 0 Å². The van der Waals surface area contributed by atoms with E-state index in [9.17, 15) is 4.79 Å². The summed E-state index contributed by atoms with van der Waals surface area (Å²) in [5, 5.41) is 1.73. The Morgan fingerprint density at radius 1 is 1.21 bits per heavy atom. The topological polar surface area (TPSA) is 46.1 Å². The number of amides is 1. The Hall–Kier alpha value is -1.92. The number of carbonyl (C=O) groups is 1. The average Bonchev–Trinajstić information content (AvgIpc) is 2.89. The summed E-state index contributed by atoms with van der Waals surface area (Å²) in [5.74, 6) is 0.0579. The lowest BCUT2D eigenvalue weighted by Crippen LogP contribution is -2.33. The molecule has 0 radical (unpaired) electrons. The van der Waals surface area contributed by atoms with Crippen molar-refractivity contribution < 1.29 is 4.79 Å². The smallest absolute Gasteiger partial charge is 0.239 e. The number of carbonyl (C=O) groups excluding carboxylic acids is 1. The summed E-state index contributed by atoms with van der Waals surface area (Å²) >= 11 is 3.17. The van der Waals surface area contributed by atoms with E-state index in [-0.39, 0.29) is 11.2 Å². The lowest BCUT2D eigenvalue weighted by molar-refractivity contribution is -0.117. The van der Waals surface area contributed by atoms with Crippen LogP contribution in [0.3, 0.4) is 0 Å². The molecule has 1 amide bonds. The van der Waals surface area contributed by atoms with E-state index < -0.39 is 0 Å². The Morgan fingerprint density at radius 2 is 1.92 bits per heavy atom. The van der Waals surface area contributed by atoms with Gasteiger partial charge in [-0.1, -0.05) is 30.0 Å². The maximum absolute atomic E-state index is 12.7. The number of benzene rings is 1. The molecule has 0 spiro atoms. The van der Waals surface area contributed by atoms with Gasteiger partial charge in [-0.15, -0.1) is 11.3 Å². The Kier molecular flexibility index (Phi) is 4.87. The quantitative estimate of drug-likeness (QED) is 0.511. The Labute approximate surface area is 149 Å². The monoisotopic (exact) mass is 357 g/mol. The highest BCUT2D eigenvalue weighted by Gasteiger charge is 2.22. The van der Waals surface area contributed by atoms with Crippen molar-refractivity contribution in [2.24, 2.45) is 0 Å². The molecule has 4 nitrogen and oxygen atoms in total. The minimum absolute atomic E-state index is 0.0579. The van der Waals surface area contributed by atoms with Gasteiger partial charge in [0.2, 0.25) is 5.91 Å². The van der Waals surface area contributed by atoms with Gasteiger partial charge in [0.1, 0.15) is 16.2 Å². The standard InChI is InChI=1S/C18H19N3OS2/c1-11-12(2)23-16-15(11)17(20-10-19-16)24-13(3)18(22)21(4)14-8-6-5-7-9-14/h5-10,13H,1-4H3/t13-/m0/s1. The number of para-hydroxylation sites is 1. The molecule has 0 fully saturated rings. The highest BCUT2D eigenvalue weighted by Crippen LogP contribution is 2.36. The lowest BCUT2D eigenvalue weighted by atomic mass is 10.2. The summed E-state index contributed by atoms with van der Waals surface area (Å²) in [6, 6.07) is 9.68. The molecule has 24 heavy (non-hydrogen) atoms. The second kappa shape index (κ2) is 6.91. The first-order chi connectivity index (χ1) is 11.5. The SMILES string of the molecule is Cc1sc2ncnc(S[C@@H](C)C(=O)N(C)c3ccccc3)c2c1C. The van der Waals surface area contributed by atoms with Crippen molar-refractivity contribution in [3.63, 3.8) is 0 Å². The Balaban J connectivity index is 1.85. The zero-order chi connectivity index (χ0) is 17.3. The predicted octanol–water partition coefficient (Wildman–Crippen LogP) is 4.45. The summed E-state index contributed by atoms with van der Waals surface area (Å²) in [6.07, 6.45) is 1.58. The number of hydrogen-bond acceptors (Lipinski definition) is 5. The van der Waals surface area contributed by atoms with Crippen LogP contribution in [-0.4, -0.2) is 28.2 Å². The molecule has 0 saturated carbocycles. The Morgan fingerprint density at radius 3 is 2.62 bits per heavy atom. The van der Waals surface area contributed by atoms with E-state index in [0.29, 0.717) is 0 Å². The molecule has 0 N–H and O–H groups in total. The second-order valence-corrected chi connectivity index (χ2v) is 8.17. The van der Waals surface area contributed by atoms with Crippen molar-refractivity contribution in [2.45, 2.75) is 31.0 Å². The molecule has 6 heteroatoms. The van der Waals surface area contributed by atoms with Crippen LogP contribution >= 0.6 is 23.1 Å². The number of thioether (sulfide) groups is 1. The zero-order valence-electron chi connectivity index (χ0n) is 14.1. The maximum Gasteiger partial charge on any atom is 0.239 e. The minimum Gasteiger partial charge on any atom is -0.315 e. The summed E-state index contributed by atoms with van der Waals surface area (Å²) in [6.45, 7) is 6.10. The van der Waals surface area contributed by atoms with E-state index in [1.807, 2.05) is 44.3 Å². The van der Waals surface area contributed by atoms with Crippen molar-refractivity contribution >= 4 is 44.9 Å². The molecule has 0 unspecified atom stereocenters. The van der Waals surface area contributed by atoms with Gasteiger partial charge >= 0.3 is 0 Å². The number of aryl methyl sites for hydroxylation is 2. The van der Waals surface area contributed by atoms with Crippen molar-refractivity contribution in [3.8, 4) is 0 Å². The van der Waals surface area contributed by atoms with Gasteiger partial charge in [-0.05, 0) is 38.5 Å². The molecular formula is C18H19N3OS2. The molecule has 3 rings (SSSR count). The fourth-order valence-corrected chi connectivity index (χ4v) is 4.64. The van der Waals surface area contributed by atoms with Crippen LogP contribution in [-0.2, 0) is 4.79 Å². The van der Waals surface area contributed by atoms with Crippen molar-refractivity contribution in [2.75, 3.05) is 11.9 Å². The van der Waals surface area contributed by atoms with Gasteiger partial charge in [0.05, 0.1) is 5.25 Å². The normalized spacial score (nSPS) is 12.3. The minimum atomic E-state index is -0.229. The van der Waals surface area contributed by atoms with Gasteiger partial charge in [0.25, 0.3) is 0 Å². The number of nitrogens with zero attached hydrogens (tertiary/aromatic N) is 3. The summed E-state index contributed by atoms with van der Waals surface area (Å²) in [5.41, 5.74) is 2.10. The third-order valence-corrected chi connectivity index (χ3v) is 6.24. The van der Waals surface area contributed by atoms with Crippen LogP contribution in [0, 0.1) is 13.8 Å². The number of aromatic nitrogens is 2. The number of hydrogen-bond donors (Lipinski definition) is 0. The van der Waals surface area contributed by atoms with Crippen LogP contribution in [0.5, 0.6) is 0 Å². The third-order valence-electron chi connectivity index (χ3n) is 4.04. The van der Waals surface area contributed by atoms with Crippen LogP contribution < -0.4 is 4.90 Å². The van der Waals surface area contributed by atoms with E-state index in [1.165, 1.54) is 22.2 Å². The molecule has 2 aromatic heterocycles. The molecule has 0 aliphatic heterocycles. The summed E-state index contributed by atoms with van der Waals surface area (Å²) in [4.78, 5) is 25.4. The molecule has 0 aliphatic rings. The van der Waals surface area contributed by atoms with Gasteiger partial charge in [-0.2, -0.15) is 0 Å². The fraction of sp³-hybridized carbons (Fsp3) is 0.278. The lowest BCUT2D eigenvalue weighted by Gasteiger charge is -2.21. The van der Waals surface area contributed by atoms with Crippen LogP contribution in [0.25, 0.3) is 10.2 Å². The Bertz CT molecular complexity index is 877. The first-order valence-corrected chi connectivity index (χ1v) is 9.38. The van der Waals surface area contributed by atoms with E-state index in [2.05, 4.69) is 23.8 Å². The first kappa shape index (κ1) is 16.9. The molecule has 124 valence electrons. The molecule has 0 bridgehead atoms. The summed E-state index contributed by atoms with van der Waals surface area (Å²) < 4.78 is 0. The first-order valence-electron chi connectivity index (χ1n) is 7.69. The van der Waals surface area contributed by atoms with Crippen LogP contribution in [0.15, 0.2) is 41.7 Å². The average molecular weight is 358 g/mol. The highest BCUT2D eigenvalue weighted by atomic mass is 32.2. The van der Waals surface area contributed by atoms with E-state index in [4.69, 9.17) is 0 Å². The number of rotatable bonds is 4. The van der Waals surface area contributed by atoms with Gasteiger partial charge in [-0.3, -0.25) is 4.79 Å². The molecule has 0 aliphatic carbocycles. The third kappa shape index (κ3) is 3.16. The molecule has 1 atom stereocenters. The molecule has 2 heterocycles. The molecule has 0 saturated heterocycles. The van der Waals surface area contributed by atoms with Crippen molar-refractivity contribution in [1.82, 2.24) is 9.97 Å². The number of fused-ring (bicyclic) bond motifs is 1. The number of anilines is 1. The van der Waals surface area contributed by atoms with Crippen molar-refractivity contribution in [1.29, 1.82) is 0 Å². The highest BCUT2D eigenvalue weighted by molar-refractivity contribution is 8.00. The van der Waals surface area contributed by atoms with E-state index in [0.717, 1.165) is 20.9 Å². The van der Waals surface area contributed by atoms with Gasteiger partial charge < -0.3 is 4.90 Å².